The zero-order chi connectivity index (χ0) is 9.14. The fourth-order valence-electron chi connectivity index (χ4n) is 1.04. The second-order valence-electron chi connectivity index (χ2n) is 2.60. The van der Waals surface area contributed by atoms with Crippen molar-refractivity contribution in [3.05, 3.63) is 28.2 Å². The highest BCUT2D eigenvalue weighted by atomic mass is 35.5. The first-order valence-electron chi connectivity index (χ1n) is 3.76. The number of hydrogen-bond donors (Lipinski definition) is 2. The summed E-state index contributed by atoms with van der Waals surface area (Å²) in [6, 6.07) is 1.33. The van der Waals surface area contributed by atoms with Crippen LogP contribution in [0.25, 0.3) is 0 Å². The predicted octanol–water partition coefficient (Wildman–Crippen LogP) is 0.665. The van der Waals surface area contributed by atoms with Crippen LogP contribution in [0, 0.1) is 6.92 Å². The van der Waals surface area contributed by atoms with Gasteiger partial charge in [-0.3, -0.25) is 4.79 Å². The zero-order valence-electron chi connectivity index (χ0n) is 7.77. The van der Waals surface area contributed by atoms with E-state index in [1.165, 1.54) is 6.07 Å². The number of aromatic nitrogens is 1. The third-order valence-electron chi connectivity index (χ3n) is 1.78. The minimum Gasteiger partial charge on any atom is -0.503 e. The lowest BCUT2D eigenvalue weighted by atomic mass is 10.3. The van der Waals surface area contributed by atoms with Crippen molar-refractivity contribution in [2.45, 2.75) is 13.5 Å². The Hall–Kier alpha value is -0.710. The Kier molecular flexibility index (Phi) is 7.54. The minimum atomic E-state index is -0.347. The molecule has 0 saturated carbocycles. The van der Waals surface area contributed by atoms with Crippen LogP contribution in [-0.4, -0.2) is 16.2 Å². The molecule has 0 aliphatic rings. The molecule has 0 aliphatic heterocycles. The maximum absolute atomic E-state index is 10.9. The van der Waals surface area contributed by atoms with Gasteiger partial charge in [0.25, 0.3) is 0 Å². The van der Waals surface area contributed by atoms with Gasteiger partial charge in [-0.25, -0.2) is 0 Å². The summed E-state index contributed by atoms with van der Waals surface area (Å²) in [5, 5.41) is 9.24. The standard InChI is InChI=1S/C8H12N2O2.2ClH/c1-6-8(12)7(11)2-4-10(6)5-3-9;;/h2,4,12H,3,5,9H2,1H3;2*1H. The van der Waals surface area contributed by atoms with E-state index < -0.39 is 0 Å². The smallest absolute Gasteiger partial charge is 0.223 e. The number of aromatic hydroxyl groups is 1. The maximum Gasteiger partial charge on any atom is 0.223 e. The molecule has 1 aromatic heterocycles. The first-order valence-corrected chi connectivity index (χ1v) is 3.76. The van der Waals surface area contributed by atoms with Crippen LogP contribution < -0.4 is 11.2 Å². The van der Waals surface area contributed by atoms with Gasteiger partial charge in [0.15, 0.2) is 5.75 Å². The van der Waals surface area contributed by atoms with Crippen LogP contribution in [0.15, 0.2) is 17.1 Å². The summed E-state index contributed by atoms with van der Waals surface area (Å²) in [5.74, 6) is -0.189. The van der Waals surface area contributed by atoms with Crippen LogP contribution in [0.2, 0.25) is 0 Å². The van der Waals surface area contributed by atoms with Crippen LogP contribution in [-0.2, 0) is 6.54 Å². The number of halogens is 2. The lowest BCUT2D eigenvalue weighted by Gasteiger charge is -2.09. The van der Waals surface area contributed by atoms with Gasteiger partial charge in [-0.15, -0.1) is 24.8 Å². The second kappa shape index (κ2) is 6.70. The Bertz CT molecular complexity index is 339. The van der Waals surface area contributed by atoms with Crippen molar-refractivity contribution >= 4 is 24.8 Å². The fraction of sp³-hybridized carbons (Fsp3) is 0.375. The third-order valence-corrected chi connectivity index (χ3v) is 1.78. The fourth-order valence-corrected chi connectivity index (χ4v) is 1.04. The van der Waals surface area contributed by atoms with E-state index in [1.807, 2.05) is 0 Å². The topological polar surface area (TPSA) is 68.2 Å². The van der Waals surface area contributed by atoms with E-state index in [0.717, 1.165) is 0 Å². The van der Waals surface area contributed by atoms with Crippen molar-refractivity contribution in [1.82, 2.24) is 4.57 Å². The molecule has 4 nitrogen and oxygen atoms in total. The van der Waals surface area contributed by atoms with Gasteiger partial charge < -0.3 is 15.4 Å². The molecular formula is C8H14Cl2N2O2. The number of hydrogen-bond acceptors (Lipinski definition) is 3. The molecule has 1 heterocycles. The Morgan fingerprint density at radius 1 is 1.50 bits per heavy atom. The molecule has 0 radical (unpaired) electrons. The monoisotopic (exact) mass is 240 g/mol. The molecule has 0 saturated heterocycles. The van der Waals surface area contributed by atoms with Gasteiger partial charge in [0.1, 0.15) is 0 Å². The molecule has 3 N–H and O–H groups in total. The quantitative estimate of drug-likeness (QED) is 0.799. The van der Waals surface area contributed by atoms with Gasteiger partial charge >= 0.3 is 0 Å². The molecule has 0 amide bonds. The minimum absolute atomic E-state index is 0. The van der Waals surface area contributed by atoms with Gasteiger partial charge in [0.05, 0.1) is 5.69 Å². The first-order chi connectivity index (χ1) is 5.66. The number of nitrogens with zero attached hydrogens (tertiary/aromatic N) is 1. The van der Waals surface area contributed by atoms with Gasteiger partial charge in [-0.05, 0) is 6.92 Å². The van der Waals surface area contributed by atoms with Crippen LogP contribution in [0.5, 0.6) is 5.75 Å². The lowest BCUT2D eigenvalue weighted by Crippen LogP contribution is -2.15. The molecular weight excluding hydrogens is 227 g/mol. The summed E-state index contributed by atoms with van der Waals surface area (Å²) < 4.78 is 1.75. The van der Waals surface area contributed by atoms with Crippen LogP contribution in [0.3, 0.4) is 0 Å². The zero-order valence-corrected chi connectivity index (χ0v) is 9.40. The Morgan fingerprint density at radius 3 is 2.57 bits per heavy atom. The SMILES string of the molecule is Cc1c(O)c(=O)ccn1CCN.Cl.Cl. The van der Waals surface area contributed by atoms with Crippen LogP contribution in [0.4, 0.5) is 0 Å². The van der Waals surface area contributed by atoms with E-state index in [4.69, 9.17) is 5.73 Å². The van der Waals surface area contributed by atoms with Gasteiger partial charge in [0.2, 0.25) is 5.43 Å². The van der Waals surface area contributed by atoms with E-state index in [-0.39, 0.29) is 36.0 Å². The largest absolute Gasteiger partial charge is 0.503 e. The molecule has 0 fully saturated rings. The molecule has 0 aliphatic carbocycles. The molecule has 0 atom stereocenters. The lowest BCUT2D eigenvalue weighted by molar-refractivity contribution is 0.453. The van der Waals surface area contributed by atoms with Crippen molar-refractivity contribution in [3.63, 3.8) is 0 Å². The summed E-state index contributed by atoms with van der Waals surface area (Å²) in [5.41, 5.74) is 5.55. The van der Waals surface area contributed by atoms with Crippen molar-refractivity contribution in [1.29, 1.82) is 0 Å². The summed E-state index contributed by atoms with van der Waals surface area (Å²) in [6.45, 7) is 2.79. The first kappa shape index (κ1) is 15.7. The summed E-state index contributed by atoms with van der Waals surface area (Å²) >= 11 is 0. The number of nitrogens with two attached hydrogens (primary N) is 1. The summed E-state index contributed by atoms with van der Waals surface area (Å²) in [7, 11) is 0. The third kappa shape index (κ3) is 3.21. The average Bonchev–Trinajstić information content (AvgIpc) is 2.07. The molecule has 0 spiro atoms. The van der Waals surface area contributed by atoms with E-state index in [2.05, 4.69) is 0 Å². The number of pyridine rings is 1. The van der Waals surface area contributed by atoms with Gasteiger partial charge in [-0.2, -0.15) is 0 Å². The molecule has 14 heavy (non-hydrogen) atoms. The summed E-state index contributed by atoms with van der Waals surface area (Å²) in [4.78, 5) is 10.9. The van der Waals surface area contributed by atoms with Crippen molar-refractivity contribution in [2.24, 2.45) is 5.73 Å². The van der Waals surface area contributed by atoms with Crippen molar-refractivity contribution in [2.75, 3.05) is 6.54 Å². The highest BCUT2D eigenvalue weighted by Gasteiger charge is 2.03. The van der Waals surface area contributed by atoms with E-state index in [9.17, 15) is 9.90 Å². The van der Waals surface area contributed by atoms with Crippen molar-refractivity contribution in [3.8, 4) is 5.75 Å². The van der Waals surface area contributed by atoms with E-state index in [1.54, 1.807) is 17.7 Å². The molecule has 0 bridgehead atoms. The molecule has 0 unspecified atom stereocenters. The Labute approximate surface area is 94.6 Å². The molecule has 6 heteroatoms. The normalized spacial score (nSPS) is 8.71. The van der Waals surface area contributed by atoms with Crippen molar-refractivity contribution < 1.29 is 5.11 Å². The van der Waals surface area contributed by atoms with Crippen LogP contribution in [0.1, 0.15) is 5.69 Å². The number of rotatable bonds is 2. The Morgan fingerprint density at radius 2 is 2.07 bits per heavy atom. The van der Waals surface area contributed by atoms with Gasteiger partial charge in [0, 0.05) is 25.4 Å². The second-order valence-corrected chi connectivity index (χ2v) is 2.60. The molecule has 1 rings (SSSR count). The molecule has 1 aromatic rings. The maximum atomic E-state index is 10.9. The molecule has 0 aromatic carbocycles. The van der Waals surface area contributed by atoms with Crippen LogP contribution >= 0.6 is 24.8 Å². The highest BCUT2D eigenvalue weighted by Crippen LogP contribution is 2.07. The Balaban J connectivity index is 0. The van der Waals surface area contributed by atoms with Gasteiger partial charge in [-0.1, -0.05) is 0 Å². The van der Waals surface area contributed by atoms with E-state index in [0.29, 0.717) is 18.8 Å². The predicted molar refractivity (Wildman–Crippen MR) is 60.7 cm³/mol. The average molecular weight is 241 g/mol. The molecule has 82 valence electrons. The van der Waals surface area contributed by atoms with E-state index >= 15 is 0 Å². The summed E-state index contributed by atoms with van der Waals surface area (Å²) in [6.07, 6.45) is 1.63. The highest BCUT2D eigenvalue weighted by molar-refractivity contribution is 5.85.